The molecule has 8 nitrogen and oxygen atoms in total. The van der Waals surface area contributed by atoms with Crippen molar-refractivity contribution in [2.45, 2.75) is 32.4 Å². The fraction of sp³-hybridized carbons (Fsp3) is 0.250. The molecule has 0 saturated heterocycles. The first-order valence-corrected chi connectivity index (χ1v) is 10.3. The molecule has 0 aromatic heterocycles. The van der Waals surface area contributed by atoms with Crippen LogP contribution in [0.25, 0.3) is 11.1 Å². The number of carboxylic acid groups (broad SMARTS) is 1. The Kier molecular flexibility index (Phi) is 9.40. The fourth-order valence-electron chi connectivity index (χ4n) is 3.56. The second-order valence-corrected chi connectivity index (χ2v) is 7.49. The summed E-state index contributed by atoms with van der Waals surface area (Å²) in [6.45, 7) is 3.70. The van der Waals surface area contributed by atoms with E-state index in [2.05, 4.69) is 10.6 Å². The third kappa shape index (κ3) is 6.54. The fourth-order valence-corrected chi connectivity index (χ4v) is 3.56. The van der Waals surface area contributed by atoms with Crippen LogP contribution in [0.15, 0.2) is 66.4 Å². The summed E-state index contributed by atoms with van der Waals surface area (Å²) in [6.07, 6.45) is 1.10. The van der Waals surface area contributed by atoms with Crippen LogP contribution < -0.4 is 40.2 Å². The number of aliphatic carboxylic acids is 1. The smallest absolute Gasteiger partial charge is 1.00 e. The van der Waals surface area contributed by atoms with Gasteiger partial charge in [-0.3, -0.25) is 14.4 Å². The van der Waals surface area contributed by atoms with Crippen LogP contribution in [0.2, 0.25) is 0 Å². The first-order valence-electron chi connectivity index (χ1n) is 10.3. The summed E-state index contributed by atoms with van der Waals surface area (Å²) < 4.78 is 0. The van der Waals surface area contributed by atoms with Crippen molar-refractivity contribution in [1.82, 2.24) is 15.5 Å². The monoisotopic (exact) mass is 459 g/mol. The van der Waals surface area contributed by atoms with Crippen molar-refractivity contribution >= 4 is 23.7 Å². The Morgan fingerprint density at radius 1 is 1.09 bits per heavy atom. The summed E-state index contributed by atoms with van der Waals surface area (Å²) in [5.74, 6) is -2.11. The third-order valence-corrected chi connectivity index (χ3v) is 5.23. The maximum atomic E-state index is 12.7. The van der Waals surface area contributed by atoms with E-state index in [0.29, 0.717) is 17.7 Å². The molecule has 1 heterocycles. The Morgan fingerprint density at radius 2 is 1.76 bits per heavy atom. The molecule has 0 spiro atoms. The Bertz CT molecular complexity index is 1080. The van der Waals surface area contributed by atoms with E-state index in [4.69, 9.17) is 0 Å². The Hall–Kier alpha value is -2.94. The summed E-state index contributed by atoms with van der Waals surface area (Å²) in [6, 6.07) is 13.8. The number of carbonyl (C=O) groups excluding carboxylic acids is 3. The van der Waals surface area contributed by atoms with Gasteiger partial charge in [0.1, 0.15) is 0 Å². The van der Waals surface area contributed by atoms with Crippen LogP contribution in [0.1, 0.15) is 33.3 Å². The minimum atomic E-state index is -1.35. The van der Waals surface area contributed by atoms with Gasteiger partial charge < -0.3 is 22.1 Å². The summed E-state index contributed by atoms with van der Waals surface area (Å²) in [7, 11) is 0. The number of ketones is 1. The molecule has 33 heavy (non-hydrogen) atoms. The molecule has 168 valence electrons. The van der Waals surface area contributed by atoms with Gasteiger partial charge in [-0.25, -0.2) is 4.79 Å². The zero-order chi connectivity index (χ0) is 23.3. The van der Waals surface area contributed by atoms with Crippen molar-refractivity contribution in [2.75, 3.05) is 6.54 Å². The van der Waals surface area contributed by atoms with Gasteiger partial charge in [0.2, 0.25) is 0 Å². The molecule has 2 aromatic carbocycles. The first kappa shape index (κ1) is 26.3. The predicted octanol–water partition coefficient (Wildman–Crippen LogP) is -0.0113. The van der Waals surface area contributed by atoms with Gasteiger partial charge in [-0.1, -0.05) is 48.5 Å². The number of hydrogen-bond acceptors (Lipinski definition) is 4. The molecule has 1 aliphatic rings. The summed E-state index contributed by atoms with van der Waals surface area (Å²) in [4.78, 5) is 50.4. The van der Waals surface area contributed by atoms with E-state index < -0.39 is 35.8 Å². The number of likely N-dealkylation sites (N-methyl/N-ethyl adjacent to an activating group) is 1. The number of rotatable bonds is 7. The molecule has 0 saturated carbocycles. The van der Waals surface area contributed by atoms with Crippen molar-refractivity contribution in [3.63, 3.8) is 0 Å². The number of Topliss-reactive ketones (excluding diaryl/α,β-unsaturated/α-hetero) is 1. The van der Waals surface area contributed by atoms with Gasteiger partial charge >= 0.3 is 41.6 Å². The van der Waals surface area contributed by atoms with Crippen molar-refractivity contribution < 1.29 is 55.3 Å². The average molecular weight is 459 g/mol. The van der Waals surface area contributed by atoms with E-state index >= 15 is 0 Å². The SMILES string of the molecule is CCN1C=C(C)C(=O)C(NC(=O)N[C@@H](CC(=O)O)c2cccc(-c3ccccc3)c2)C1=O.[H-].[Na+]. The number of carboxylic acids is 1. The maximum absolute atomic E-state index is 12.7. The number of nitrogens with zero attached hydrogens (tertiary/aromatic N) is 1. The summed E-state index contributed by atoms with van der Waals surface area (Å²) in [5.41, 5.74) is 2.77. The molecule has 0 radical (unpaired) electrons. The average Bonchev–Trinajstić information content (AvgIpc) is 2.79. The molecule has 0 aliphatic carbocycles. The van der Waals surface area contributed by atoms with Gasteiger partial charge in [0.05, 0.1) is 12.5 Å². The molecule has 9 heteroatoms. The minimum absolute atomic E-state index is 0. The number of nitrogens with one attached hydrogen (secondary N) is 2. The normalized spacial score (nSPS) is 16.4. The quantitative estimate of drug-likeness (QED) is 0.398. The van der Waals surface area contributed by atoms with Crippen molar-refractivity contribution in [1.29, 1.82) is 0 Å². The molecular formula is C24H26N3NaO5. The molecule has 1 aliphatic heterocycles. The van der Waals surface area contributed by atoms with E-state index in [0.717, 1.165) is 11.1 Å². The van der Waals surface area contributed by atoms with Gasteiger partial charge in [-0.2, -0.15) is 0 Å². The molecule has 0 bridgehead atoms. The largest absolute Gasteiger partial charge is 1.00 e. The molecule has 2 aromatic rings. The van der Waals surface area contributed by atoms with Gasteiger partial charge in [0, 0.05) is 18.3 Å². The molecule has 3 N–H and O–H groups in total. The van der Waals surface area contributed by atoms with Crippen LogP contribution in [0.3, 0.4) is 0 Å². The van der Waals surface area contributed by atoms with Gasteiger partial charge in [-0.05, 0) is 36.6 Å². The van der Waals surface area contributed by atoms with Gasteiger partial charge in [-0.15, -0.1) is 0 Å². The van der Waals surface area contributed by atoms with E-state index in [1.54, 1.807) is 26.0 Å². The standard InChI is InChI=1S/C24H25N3O5.Na.H/c1-3-27-14-15(2)22(30)21(23(27)31)26-24(32)25-19(13-20(28)29)18-11-7-10-17(12-18)16-8-5-4-6-9-16;;/h4-12,14,19,21H,3,13H2,1-2H3,(H,28,29)(H2,25,26,32);;/q;+1;-1/t19-,21?;;/m0../s1. The zero-order valence-corrected chi connectivity index (χ0v) is 20.9. The number of amides is 3. The molecule has 3 rings (SSSR count). The molecule has 1 unspecified atom stereocenters. The Balaban J connectivity index is 0.00000289. The second-order valence-electron chi connectivity index (χ2n) is 7.49. The Labute approximate surface area is 215 Å². The Morgan fingerprint density at radius 3 is 2.39 bits per heavy atom. The van der Waals surface area contributed by atoms with E-state index in [-0.39, 0.29) is 37.4 Å². The van der Waals surface area contributed by atoms with Crippen LogP contribution in [-0.2, 0) is 14.4 Å². The number of carbonyl (C=O) groups is 4. The zero-order valence-electron chi connectivity index (χ0n) is 19.9. The first-order chi connectivity index (χ1) is 15.3. The number of urea groups is 1. The molecular weight excluding hydrogens is 433 g/mol. The molecule has 3 amide bonds. The van der Waals surface area contributed by atoms with Crippen LogP contribution in [0.5, 0.6) is 0 Å². The minimum Gasteiger partial charge on any atom is -1.00 e. The number of benzene rings is 2. The van der Waals surface area contributed by atoms with E-state index in [1.807, 2.05) is 42.5 Å². The van der Waals surface area contributed by atoms with Crippen molar-refractivity contribution in [3.05, 3.63) is 71.9 Å². The van der Waals surface area contributed by atoms with E-state index in [9.17, 15) is 24.3 Å². The van der Waals surface area contributed by atoms with Crippen molar-refractivity contribution in [3.8, 4) is 11.1 Å². The summed E-state index contributed by atoms with van der Waals surface area (Å²) in [5, 5.41) is 14.4. The third-order valence-electron chi connectivity index (χ3n) is 5.23. The topological polar surface area (TPSA) is 116 Å². The maximum Gasteiger partial charge on any atom is 1.00 e. The molecule has 2 atom stereocenters. The predicted molar refractivity (Wildman–Crippen MR) is 120 cm³/mol. The van der Waals surface area contributed by atoms with Gasteiger partial charge in [0.25, 0.3) is 5.91 Å². The van der Waals surface area contributed by atoms with Crippen LogP contribution in [-0.4, -0.2) is 46.3 Å². The van der Waals surface area contributed by atoms with Crippen LogP contribution in [0.4, 0.5) is 4.79 Å². The van der Waals surface area contributed by atoms with E-state index in [1.165, 1.54) is 11.1 Å². The van der Waals surface area contributed by atoms with Crippen LogP contribution >= 0.6 is 0 Å². The number of hydrogen-bond donors (Lipinski definition) is 3. The van der Waals surface area contributed by atoms with Crippen molar-refractivity contribution in [2.24, 2.45) is 0 Å². The summed E-state index contributed by atoms with van der Waals surface area (Å²) >= 11 is 0. The van der Waals surface area contributed by atoms with Gasteiger partial charge in [0.15, 0.2) is 11.8 Å². The molecule has 0 fully saturated rings. The second kappa shape index (κ2) is 11.8. The van der Waals surface area contributed by atoms with Crippen LogP contribution in [0, 0.1) is 0 Å².